The maximum atomic E-state index is 5.18. The zero-order chi connectivity index (χ0) is 20.8. The van der Waals surface area contributed by atoms with Crippen LogP contribution in [0.15, 0.2) is 48.7 Å². The lowest BCUT2D eigenvalue weighted by atomic mass is 9.95. The molecule has 0 saturated heterocycles. The van der Waals surface area contributed by atoms with E-state index in [9.17, 15) is 0 Å². The number of hydrogen-bond donors (Lipinski definition) is 0. The predicted octanol–water partition coefficient (Wildman–Crippen LogP) is 5.44. The molecule has 0 N–H and O–H groups in total. The van der Waals surface area contributed by atoms with Crippen LogP contribution in [0.3, 0.4) is 0 Å². The lowest BCUT2D eigenvalue weighted by Crippen LogP contribution is -2.19. The molecule has 0 radical (unpaired) electrons. The molecule has 2 aliphatic rings. The van der Waals surface area contributed by atoms with Crippen LogP contribution in [-0.4, -0.2) is 37.4 Å². The largest absolute Gasteiger partial charge is 0.496 e. The van der Waals surface area contributed by atoms with Gasteiger partial charge in [-0.2, -0.15) is 5.06 Å². The van der Waals surface area contributed by atoms with Crippen molar-refractivity contribution in [1.82, 2.24) is 9.63 Å². The van der Waals surface area contributed by atoms with Gasteiger partial charge in [-0.25, -0.2) is 0 Å². The first-order valence-corrected chi connectivity index (χ1v) is 10.5. The number of aromatic nitrogens is 1. The van der Waals surface area contributed by atoms with Gasteiger partial charge in [0.2, 0.25) is 0 Å². The van der Waals surface area contributed by atoms with E-state index in [1.807, 2.05) is 12.1 Å². The highest BCUT2D eigenvalue weighted by Crippen LogP contribution is 2.28. The van der Waals surface area contributed by atoms with Gasteiger partial charge in [-0.05, 0) is 54.0 Å². The summed E-state index contributed by atoms with van der Waals surface area (Å²) in [5.41, 5.74) is 5.52. The van der Waals surface area contributed by atoms with Crippen molar-refractivity contribution in [3.05, 3.63) is 65.4 Å². The van der Waals surface area contributed by atoms with Crippen molar-refractivity contribution in [2.45, 2.75) is 45.6 Å². The van der Waals surface area contributed by atoms with Crippen LogP contribution in [0.5, 0.6) is 5.75 Å². The van der Waals surface area contributed by atoms with Gasteiger partial charge in [0, 0.05) is 37.2 Å². The van der Waals surface area contributed by atoms with Crippen LogP contribution < -0.4 is 4.74 Å². The molecule has 0 amide bonds. The number of para-hydroxylation sites is 1. The molecular formula is C25H34N2O2. The fourth-order valence-electron chi connectivity index (χ4n) is 3.91. The average molecular weight is 395 g/mol. The number of benzene rings is 2. The minimum absolute atomic E-state index is 0.563. The first-order chi connectivity index (χ1) is 14.0. The second-order valence-corrected chi connectivity index (χ2v) is 7.98. The van der Waals surface area contributed by atoms with E-state index in [-0.39, 0.29) is 0 Å². The van der Waals surface area contributed by atoms with Crippen LogP contribution in [0.1, 0.15) is 42.9 Å². The van der Waals surface area contributed by atoms with Crippen molar-refractivity contribution in [1.29, 1.82) is 0 Å². The number of hydroxylamine groups is 2. The van der Waals surface area contributed by atoms with E-state index < -0.39 is 0 Å². The third kappa shape index (κ3) is 5.20. The summed E-state index contributed by atoms with van der Waals surface area (Å²) in [5, 5.41) is 3.26. The van der Waals surface area contributed by atoms with E-state index in [0.29, 0.717) is 5.92 Å². The van der Waals surface area contributed by atoms with Crippen molar-refractivity contribution in [3.63, 3.8) is 0 Å². The Hall–Kier alpha value is -2.30. The monoisotopic (exact) mass is 394 g/mol. The van der Waals surface area contributed by atoms with E-state index in [1.165, 1.54) is 34.0 Å². The lowest BCUT2D eigenvalue weighted by molar-refractivity contribution is -0.109. The van der Waals surface area contributed by atoms with Crippen LogP contribution in [0.2, 0.25) is 0 Å². The Kier molecular flexibility index (Phi) is 7.34. The van der Waals surface area contributed by atoms with Gasteiger partial charge in [-0.3, -0.25) is 0 Å². The van der Waals surface area contributed by atoms with Crippen LogP contribution in [0.25, 0.3) is 10.9 Å². The van der Waals surface area contributed by atoms with Gasteiger partial charge < -0.3 is 14.1 Å². The summed E-state index contributed by atoms with van der Waals surface area (Å²) in [7, 11) is 5.41. The standard InChI is InChI=1S/C16H24N2O.C9H10O/c1-13(2)15-12-18(11-7-10-17(3)19-4)16-9-6-5-8-14(15)16;1-10-9-6-7-2-4-8(9)5-3-7/h5-6,8-9,12-13H,7,10-11H2,1-4H3;2,4,6H,3,5H2,1H3. The van der Waals surface area contributed by atoms with E-state index in [0.717, 1.165) is 31.7 Å². The van der Waals surface area contributed by atoms with Crippen molar-refractivity contribution in [2.24, 2.45) is 0 Å². The summed E-state index contributed by atoms with van der Waals surface area (Å²) in [4.78, 5) is 5.14. The van der Waals surface area contributed by atoms with Gasteiger partial charge in [-0.1, -0.05) is 44.2 Å². The molecule has 0 aliphatic heterocycles. The molecule has 2 bridgehead atoms. The second-order valence-electron chi connectivity index (χ2n) is 7.98. The molecule has 0 spiro atoms. The molecule has 1 heterocycles. The molecule has 0 unspecified atom stereocenters. The number of fused-ring (bicyclic) bond motifs is 4. The molecule has 0 saturated carbocycles. The highest BCUT2D eigenvalue weighted by Gasteiger charge is 2.11. The molecule has 4 heteroatoms. The Morgan fingerprint density at radius 2 is 1.86 bits per heavy atom. The molecule has 0 atom stereocenters. The Labute approximate surface area is 175 Å². The average Bonchev–Trinajstić information content (AvgIpc) is 3.14. The Morgan fingerprint density at radius 3 is 2.41 bits per heavy atom. The first kappa shape index (κ1) is 21.4. The third-order valence-electron chi connectivity index (χ3n) is 5.66. The highest BCUT2D eigenvalue weighted by molar-refractivity contribution is 5.84. The van der Waals surface area contributed by atoms with Crippen molar-refractivity contribution in [3.8, 4) is 5.75 Å². The van der Waals surface area contributed by atoms with E-state index in [2.05, 4.69) is 67.1 Å². The fraction of sp³-hybridized carbons (Fsp3) is 0.440. The van der Waals surface area contributed by atoms with Crippen LogP contribution in [0, 0.1) is 0 Å². The fourth-order valence-corrected chi connectivity index (χ4v) is 3.91. The number of aryl methyl sites for hydroxylation is 3. The summed E-state index contributed by atoms with van der Waals surface area (Å²) in [6, 6.07) is 15.1. The van der Waals surface area contributed by atoms with Gasteiger partial charge in [0.15, 0.2) is 0 Å². The number of ether oxygens (including phenoxy) is 1. The van der Waals surface area contributed by atoms with Gasteiger partial charge >= 0.3 is 0 Å². The highest BCUT2D eigenvalue weighted by atomic mass is 16.7. The molecule has 1 aromatic heterocycles. The SMILES string of the molecule is CON(C)CCCn1cc(C(C)C)c2ccccc21.COc1cc2ccc1CC2. The number of methoxy groups -OCH3 is 1. The van der Waals surface area contributed by atoms with Crippen LogP contribution in [0.4, 0.5) is 0 Å². The molecule has 29 heavy (non-hydrogen) atoms. The lowest BCUT2D eigenvalue weighted by Gasteiger charge is -2.15. The molecule has 4 nitrogen and oxygen atoms in total. The van der Waals surface area contributed by atoms with Gasteiger partial charge in [0.25, 0.3) is 0 Å². The smallest absolute Gasteiger partial charge is 0.122 e. The van der Waals surface area contributed by atoms with E-state index in [4.69, 9.17) is 9.57 Å². The van der Waals surface area contributed by atoms with Gasteiger partial charge in [-0.15, -0.1) is 0 Å². The van der Waals surface area contributed by atoms with Crippen molar-refractivity contribution < 1.29 is 9.57 Å². The Balaban J connectivity index is 0.000000200. The molecule has 3 aromatic rings. The molecule has 2 aliphatic carbocycles. The third-order valence-corrected chi connectivity index (χ3v) is 5.66. The maximum absolute atomic E-state index is 5.18. The maximum Gasteiger partial charge on any atom is 0.122 e. The minimum atomic E-state index is 0.563. The normalized spacial score (nSPS) is 12.5. The topological polar surface area (TPSA) is 26.6 Å². The van der Waals surface area contributed by atoms with Crippen LogP contribution >= 0.6 is 0 Å². The van der Waals surface area contributed by atoms with Gasteiger partial charge in [0.1, 0.15) is 5.75 Å². The molecule has 2 aromatic carbocycles. The zero-order valence-electron chi connectivity index (χ0n) is 18.4. The number of nitrogens with zero attached hydrogens (tertiary/aromatic N) is 2. The molecule has 0 fully saturated rings. The van der Waals surface area contributed by atoms with Crippen LogP contribution in [-0.2, 0) is 24.2 Å². The zero-order valence-corrected chi connectivity index (χ0v) is 18.4. The summed E-state index contributed by atoms with van der Waals surface area (Å²) in [6.45, 7) is 6.48. The molecule has 156 valence electrons. The van der Waals surface area contributed by atoms with Crippen molar-refractivity contribution >= 4 is 10.9 Å². The number of hydrogen-bond acceptors (Lipinski definition) is 3. The Bertz CT molecular complexity index is 930. The Morgan fingerprint density at radius 1 is 1.07 bits per heavy atom. The summed E-state index contributed by atoms with van der Waals surface area (Å²) in [5.74, 6) is 1.62. The summed E-state index contributed by atoms with van der Waals surface area (Å²) in [6.07, 6.45) is 5.74. The summed E-state index contributed by atoms with van der Waals surface area (Å²) >= 11 is 0. The summed E-state index contributed by atoms with van der Waals surface area (Å²) < 4.78 is 7.55. The second kappa shape index (κ2) is 9.95. The quantitative estimate of drug-likeness (QED) is 0.499. The minimum Gasteiger partial charge on any atom is -0.496 e. The first-order valence-electron chi connectivity index (χ1n) is 10.5. The number of rotatable bonds is 7. The predicted molar refractivity (Wildman–Crippen MR) is 121 cm³/mol. The van der Waals surface area contributed by atoms with E-state index >= 15 is 0 Å². The molecule has 5 rings (SSSR count). The van der Waals surface area contributed by atoms with Gasteiger partial charge in [0.05, 0.1) is 14.2 Å². The molecular weight excluding hydrogens is 360 g/mol. The van der Waals surface area contributed by atoms with E-state index in [1.54, 1.807) is 14.2 Å². The van der Waals surface area contributed by atoms with Crippen molar-refractivity contribution in [2.75, 3.05) is 27.8 Å².